The number of hydrogen-bond acceptors (Lipinski definition) is 3. The molecular formula is C14H13BrFNO4. The fraction of sp³-hybridized carbons (Fsp3) is 0.286. The van der Waals surface area contributed by atoms with Crippen molar-refractivity contribution in [2.45, 2.75) is 18.4 Å². The minimum atomic E-state index is -1.61. The summed E-state index contributed by atoms with van der Waals surface area (Å²) in [6, 6.07) is 2.55. The highest BCUT2D eigenvalue weighted by molar-refractivity contribution is 9.10. The highest BCUT2D eigenvalue weighted by Gasteiger charge is 2.48. The molecule has 5 nitrogen and oxygen atoms in total. The molecule has 1 amide bonds. The van der Waals surface area contributed by atoms with Crippen LogP contribution in [0.2, 0.25) is 0 Å². The number of ether oxygens (including phenoxy) is 1. The van der Waals surface area contributed by atoms with Crippen LogP contribution < -0.4 is 5.32 Å². The first-order valence-electron chi connectivity index (χ1n) is 6.19. The van der Waals surface area contributed by atoms with Crippen molar-refractivity contribution in [3.8, 4) is 0 Å². The first kappa shape index (κ1) is 15.5. The lowest BCUT2D eigenvalue weighted by atomic mass is 9.92. The number of halogens is 2. The van der Waals surface area contributed by atoms with Gasteiger partial charge in [-0.25, -0.2) is 14.0 Å². The molecule has 1 aliphatic carbocycles. The third kappa shape index (κ3) is 2.65. The minimum absolute atomic E-state index is 0.0263. The van der Waals surface area contributed by atoms with Crippen molar-refractivity contribution in [1.82, 2.24) is 5.32 Å². The topological polar surface area (TPSA) is 75.6 Å². The van der Waals surface area contributed by atoms with E-state index in [4.69, 9.17) is 4.74 Å². The number of nitrogens with one attached hydrogen (secondary N) is 1. The predicted molar refractivity (Wildman–Crippen MR) is 76.4 cm³/mol. The van der Waals surface area contributed by atoms with Crippen molar-refractivity contribution in [1.29, 1.82) is 0 Å². The Balaban J connectivity index is 2.40. The van der Waals surface area contributed by atoms with Crippen LogP contribution in [0, 0.1) is 5.82 Å². The molecule has 1 unspecified atom stereocenters. The molecule has 0 saturated heterocycles. The Hall–Kier alpha value is -1.89. The lowest BCUT2D eigenvalue weighted by Crippen LogP contribution is -2.50. The lowest BCUT2D eigenvalue weighted by Gasteiger charge is -2.26. The summed E-state index contributed by atoms with van der Waals surface area (Å²) >= 11 is 3.11. The van der Waals surface area contributed by atoms with Crippen LogP contribution in [-0.2, 0) is 21.5 Å². The van der Waals surface area contributed by atoms with Crippen molar-refractivity contribution >= 4 is 28.0 Å². The Bertz CT molecular complexity index is 619. The first-order valence-corrected chi connectivity index (χ1v) is 6.98. The highest BCUT2D eigenvalue weighted by Crippen LogP contribution is 2.41. The zero-order valence-electron chi connectivity index (χ0n) is 11.0. The summed E-state index contributed by atoms with van der Waals surface area (Å²) in [6.45, 7) is 3.38. The Labute approximate surface area is 128 Å². The third-order valence-corrected chi connectivity index (χ3v) is 4.28. The van der Waals surface area contributed by atoms with Crippen molar-refractivity contribution in [2.75, 3.05) is 6.61 Å². The second-order valence-corrected chi connectivity index (χ2v) is 5.40. The van der Waals surface area contributed by atoms with Crippen molar-refractivity contribution < 1.29 is 23.8 Å². The van der Waals surface area contributed by atoms with E-state index in [9.17, 15) is 19.1 Å². The summed E-state index contributed by atoms with van der Waals surface area (Å²) < 4.78 is 18.5. The Morgan fingerprint density at radius 1 is 1.57 bits per heavy atom. The van der Waals surface area contributed by atoms with Crippen molar-refractivity contribution in [3.63, 3.8) is 0 Å². The molecule has 0 radical (unpaired) electrons. The van der Waals surface area contributed by atoms with Crippen LogP contribution in [0.1, 0.15) is 17.5 Å². The second-order valence-electron chi connectivity index (χ2n) is 4.61. The normalized spacial score (nSPS) is 19.7. The SMILES string of the molecule is C=CCOC(=O)NC1(C(=O)O)CCc2c1ccc(F)c2Br. The molecule has 1 aromatic carbocycles. The molecule has 1 aliphatic rings. The number of fused-ring (bicyclic) bond motifs is 1. The summed E-state index contributed by atoms with van der Waals surface area (Å²) in [7, 11) is 0. The van der Waals surface area contributed by atoms with Gasteiger partial charge in [-0.05, 0) is 46.0 Å². The quantitative estimate of drug-likeness (QED) is 0.812. The Kier molecular flexibility index (Phi) is 4.32. The van der Waals surface area contributed by atoms with Crippen LogP contribution in [0.25, 0.3) is 0 Å². The van der Waals surface area contributed by atoms with Gasteiger partial charge in [0, 0.05) is 0 Å². The average Bonchev–Trinajstić information content (AvgIpc) is 2.81. The Morgan fingerprint density at radius 2 is 2.29 bits per heavy atom. The molecule has 0 fully saturated rings. The van der Waals surface area contributed by atoms with Crippen LogP contribution in [0.15, 0.2) is 29.3 Å². The molecule has 0 bridgehead atoms. The minimum Gasteiger partial charge on any atom is -0.479 e. The van der Waals surface area contributed by atoms with E-state index in [2.05, 4.69) is 27.8 Å². The van der Waals surface area contributed by atoms with Gasteiger partial charge < -0.3 is 15.2 Å². The van der Waals surface area contributed by atoms with E-state index in [1.807, 2.05) is 0 Å². The van der Waals surface area contributed by atoms with Gasteiger partial charge >= 0.3 is 12.1 Å². The van der Waals surface area contributed by atoms with Crippen LogP contribution in [0.4, 0.5) is 9.18 Å². The number of amides is 1. The van der Waals surface area contributed by atoms with Gasteiger partial charge in [0.2, 0.25) is 0 Å². The number of carboxylic acid groups (broad SMARTS) is 1. The summed E-state index contributed by atoms with van der Waals surface area (Å²) in [5.74, 6) is -1.68. The van der Waals surface area contributed by atoms with Gasteiger partial charge in [0.1, 0.15) is 12.4 Å². The number of carbonyl (C=O) groups is 2. The van der Waals surface area contributed by atoms with Crippen LogP contribution in [0.5, 0.6) is 0 Å². The maximum absolute atomic E-state index is 13.5. The zero-order chi connectivity index (χ0) is 15.6. The molecule has 0 saturated carbocycles. The smallest absolute Gasteiger partial charge is 0.408 e. The molecule has 0 aromatic heterocycles. The second kappa shape index (κ2) is 5.85. The molecule has 2 rings (SSSR count). The van der Waals surface area contributed by atoms with Crippen molar-refractivity contribution in [2.24, 2.45) is 0 Å². The Morgan fingerprint density at radius 3 is 2.90 bits per heavy atom. The molecule has 0 heterocycles. The molecule has 7 heteroatoms. The van der Waals surface area contributed by atoms with Crippen LogP contribution in [-0.4, -0.2) is 23.8 Å². The van der Waals surface area contributed by atoms with E-state index < -0.39 is 23.4 Å². The van der Waals surface area contributed by atoms with E-state index in [-0.39, 0.29) is 17.5 Å². The third-order valence-electron chi connectivity index (χ3n) is 3.42. The number of rotatable bonds is 4. The lowest BCUT2D eigenvalue weighted by molar-refractivity contribution is -0.145. The maximum Gasteiger partial charge on any atom is 0.408 e. The molecule has 0 aliphatic heterocycles. The fourth-order valence-corrected chi connectivity index (χ4v) is 2.98. The summed E-state index contributed by atoms with van der Waals surface area (Å²) in [4.78, 5) is 23.4. The van der Waals surface area contributed by atoms with Gasteiger partial charge in [-0.2, -0.15) is 0 Å². The molecule has 0 spiro atoms. The van der Waals surface area contributed by atoms with Crippen LogP contribution in [0.3, 0.4) is 0 Å². The van der Waals surface area contributed by atoms with Gasteiger partial charge in [0.05, 0.1) is 4.47 Å². The highest BCUT2D eigenvalue weighted by atomic mass is 79.9. The zero-order valence-corrected chi connectivity index (χ0v) is 12.6. The van der Waals surface area contributed by atoms with Gasteiger partial charge in [-0.1, -0.05) is 18.7 Å². The van der Waals surface area contributed by atoms with Gasteiger partial charge in [-0.15, -0.1) is 0 Å². The van der Waals surface area contributed by atoms with E-state index in [1.165, 1.54) is 18.2 Å². The first-order chi connectivity index (χ1) is 9.92. The van der Waals surface area contributed by atoms with Crippen LogP contribution >= 0.6 is 15.9 Å². The number of aliphatic carboxylic acids is 1. The molecule has 1 aromatic rings. The molecule has 1 atom stereocenters. The van der Waals surface area contributed by atoms with E-state index >= 15 is 0 Å². The number of hydrogen-bond donors (Lipinski definition) is 2. The van der Waals surface area contributed by atoms with E-state index in [1.54, 1.807) is 0 Å². The standard InChI is InChI=1S/C14H13BrFNO4/c1-2-7-21-13(20)17-14(12(18)19)6-5-8-9(14)3-4-10(16)11(8)15/h2-4H,1,5-7H2,(H,17,20)(H,18,19). The predicted octanol–water partition coefficient (Wildman–Crippen LogP) is 2.73. The van der Waals surface area contributed by atoms with Gasteiger partial charge in [0.15, 0.2) is 5.54 Å². The summed E-state index contributed by atoms with van der Waals surface area (Å²) in [5.41, 5.74) is -0.704. The molecule has 112 valence electrons. The summed E-state index contributed by atoms with van der Waals surface area (Å²) in [6.07, 6.45) is 0.984. The molecule has 21 heavy (non-hydrogen) atoms. The van der Waals surface area contributed by atoms with Gasteiger partial charge in [0.25, 0.3) is 0 Å². The molecular weight excluding hydrogens is 345 g/mol. The van der Waals surface area contributed by atoms with E-state index in [0.717, 1.165) is 0 Å². The number of benzene rings is 1. The maximum atomic E-state index is 13.5. The number of carboxylic acids is 1. The number of carbonyl (C=O) groups excluding carboxylic acids is 1. The van der Waals surface area contributed by atoms with E-state index in [0.29, 0.717) is 17.5 Å². The monoisotopic (exact) mass is 357 g/mol. The summed E-state index contributed by atoms with van der Waals surface area (Å²) in [5, 5.41) is 11.9. The number of alkyl carbamates (subject to hydrolysis) is 1. The van der Waals surface area contributed by atoms with Crippen molar-refractivity contribution in [3.05, 3.63) is 46.2 Å². The fourth-order valence-electron chi connectivity index (χ4n) is 2.43. The largest absolute Gasteiger partial charge is 0.479 e. The average molecular weight is 358 g/mol. The van der Waals surface area contributed by atoms with Gasteiger partial charge in [-0.3, -0.25) is 0 Å². The molecule has 2 N–H and O–H groups in total.